The summed E-state index contributed by atoms with van der Waals surface area (Å²) in [5, 5.41) is 3.39. The molecule has 0 saturated carbocycles. The van der Waals surface area contributed by atoms with E-state index in [9.17, 15) is 18.0 Å². The van der Waals surface area contributed by atoms with Crippen LogP contribution in [0, 0.1) is 5.92 Å². The maximum atomic E-state index is 12.4. The van der Waals surface area contributed by atoms with Crippen molar-refractivity contribution in [2.75, 3.05) is 26.3 Å². The van der Waals surface area contributed by atoms with E-state index in [2.05, 4.69) is 5.10 Å². The smallest absolute Gasteiger partial charge is 0.381 e. The molecule has 21 heavy (non-hydrogen) atoms. The lowest BCUT2D eigenvalue weighted by molar-refractivity contribution is -0.142. The van der Waals surface area contributed by atoms with E-state index in [0.717, 1.165) is 17.2 Å². The van der Waals surface area contributed by atoms with Crippen LogP contribution in [0.5, 0.6) is 0 Å². The van der Waals surface area contributed by atoms with Gasteiger partial charge in [-0.2, -0.15) is 18.3 Å². The van der Waals surface area contributed by atoms with E-state index in [1.54, 1.807) is 4.90 Å². The fourth-order valence-corrected chi connectivity index (χ4v) is 2.29. The van der Waals surface area contributed by atoms with Crippen LogP contribution in [-0.2, 0) is 22.3 Å². The van der Waals surface area contributed by atoms with Crippen molar-refractivity contribution >= 4 is 5.91 Å². The van der Waals surface area contributed by atoms with Crippen LogP contribution in [0.2, 0.25) is 0 Å². The van der Waals surface area contributed by atoms with E-state index in [0.29, 0.717) is 32.2 Å². The van der Waals surface area contributed by atoms with E-state index in [-0.39, 0.29) is 12.5 Å². The summed E-state index contributed by atoms with van der Waals surface area (Å²) < 4.78 is 43.6. The number of rotatable bonds is 5. The Morgan fingerprint density at radius 1 is 1.57 bits per heavy atom. The van der Waals surface area contributed by atoms with Crippen molar-refractivity contribution in [2.24, 2.45) is 5.92 Å². The van der Waals surface area contributed by atoms with Crippen LogP contribution < -0.4 is 0 Å². The first-order chi connectivity index (χ1) is 9.90. The number of hydrogen-bond acceptors (Lipinski definition) is 3. The summed E-state index contributed by atoms with van der Waals surface area (Å²) in [4.78, 5) is 13.8. The van der Waals surface area contributed by atoms with Crippen molar-refractivity contribution in [3.8, 4) is 0 Å². The number of nitrogens with zero attached hydrogens (tertiary/aromatic N) is 3. The number of halogens is 3. The monoisotopic (exact) mass is 305 g/mol. The van der Waals surface area contributed by atoms with E-state index in [1.165, 1.54) is 6.20 Å². The highest BCUT2D eigenvalue weighted by molar-refractivity contribution is 5.75. The first kappa shape index (κ1) is 15.8. The van der Waals surface area contributed by atoms with Gasteiger partial charge in [0.2, 0.25) is 5.91 Å². The number of aromatic nitrogens is 2. The summed E-state index contributed by atoms with van der Waals surface area (Å²) in [5.74, 6) is 0.0680. The Kier molecular flexibility index (Phi) is 4.87. The van der Waals surface area contributed by atoms with Crippen molar-refractivity contribution in [3.63, 3.8) is 0 Å². The molecule has 2 rings (SSSR count). The molecule has 1 aromatic heterocycles. The van der Waals surface area contributed by atoms with Gasteiger partial charge < -0.3 is 9.64 Å². The summed E-state index contributed by atoms with van der Waals surface area (Å²) in [5.41, 5.74) is -0.984. The molecule has 1 unspecified atom stereocenters. The molecular weight excluding hydrogens is 287 g/mol. The zero-order valence-corrected chi connectivity index (χ0v) is 11.8. The maximum absolute atomic E-state index is 12.4. The van der Waals surface area contributed by atoms with Crippen LogP contribution in [0.15, 0.2) is 12.3 Å². The predicted molar refractivity (Wildman–Crippen MR) is 68.4 cm³/mol. The third kappa shape index (κ3) is 4.20. The van der Waals surface area contributed by atoms with Gasteiger partial charge in [-0.1, -0.05) is 0 Å². The van der Waals surface area contributed by atoms with Crippen molar-refractivity contribution in [2.45, 2.75) is 26.1 Å². The molecule has 1 aliphatic rings. The minimum Gasteiger partial charge on any atom is -0.381 e. The number of amides is 1. The largest absolute Gasteiger partial charge is 0.435 e. The average molecular weight is 305 g/mol. The van der Waals surface area contributed by atoms with Gasteiger partial charge in [0.1, 0.15) is 6.54 Å². The molecule has 1 amide bonds. The van der Waals surface area contributed by atoms with Gasteiger partial charge in [-0.3, -0.25) is 9.48 Å². The third-order valence-electron chi connectivity index (χ3n) is 3.47. The first-order valence-corrected chi connectivity index (χ1v) is 6.86. The van der Waals surface area contributed by atoms with Crippen LogP contribution >= 0.6 is 0 Å². The maximum Gasteiger partial charge on any atom is 0.435 e. The Bertz CT molecular complexity index is 481. The van der Waals surface area contributed by atoms with Gasteiger partial charge in [0.05, 0.1) is 6.61 Å². The fraction of sp³-hybridized carbons (Fsp3) is 0.692. The van der Waals surface area contributed by atoms with Crippen molar-refractivity contribution in [3.05, 3.63) is 18.0 Å². The third-order valence-corrected chi connectivity index (χ3v) is 3.47. The molecule has 1 aliphatic heterocycles. The van der Waals surface area contributed by atoms with Crippen LogP contribution in [-0.4, -0.2) is 46.9 Å². The molecule has 8 heteroatoms. The fourth-order valence-electron chi connectivity index (χ4n) is 2.29. The van der Waals surface area contributed by atoms with Crippen molar-refractivity contribution < 1.29 is 22.7 Å². The summed E-state index contributed by atoms with van der Waals surface area (Å²) in [6.07, 6.45) is -2.41. The molecule has 0 N–H and O–H groups in total. The zero-order valence-electron chi connectivity index (χ0n) is 11.8. The summed E-state index contributed by atoms with van der Waals surface area (Å²) in [7, 11) is 0. The second-order valence-electron chi connectivity index (χ2n) is 5.06. The molecule has 1 aromatic rings. The quantitative estimate of drug-likeness (QED) is 0.833. The lowest BCUT2D eigenvalue weighted by Crippen LogP contribution is -2.37. The van der Waals surface area contributed by atoms with Gasteiger partial charge in [0, 0.05) is 31.8 Å². The van der Waals surface area contributed by atoms with Crippen LogP contribution in [0.1, 0.15) is 19.0 Å². The molecule has 1 atom stereocenters. The Hall–Kier alpha value is -1.57. The second-order valence-corrected chi connectivity index (χ2v) is 5.06. The normalized spacial score (nSPS) is 19.0. The number of ether oxygens (including phenoxy) is 1. The van der Waals surface area contributed by atoms with E-state index < -0.39 is 11.9 Å². The lowest BCUT2D eigenvalue weighted by atomic mass is 10.1. The Balaban J connectivity index is 1.93. The van der Waals surface area contributed by atoms with E-state index >= 15 is 0 Å². The summed E-state index contributed by atoms with van der Waals surface area (Å²) in [6.45, 7) is 4.08. The molecule has 0 aliphatic carbocycles. The molecule has 5 nitrogen and oxygen atoms in total. The SMILES string of the molecule is CCN(CC1CCOC1)C(=O)Cn1ccc(C(F)(F)F)n1. The minimum atomic E-state index is -4.49. The van der Waals surface area contributed by atoms with E-state index in [4.69, 9.17) is 4.74 Å². The topological polar surface area (TPSA) is 47.4 Å². The average Bonchev–Trinajstić information content (AvgIpc) is 3.05. The van der Waals surface area contributed by atoms with Crippen molar-refractivity contribution in [1.82, 2.24) is 14.7 Å². The Morgan fingerprint density at radius 3 is 2.86 bits per heavy atom. The number of carbonyl (C=O) groups excluding carboxylic acids is 1. The van der Waals surface area contributed by atoms with Gasteiger partial charge >= 0.3 is 6.18 Å². The molecular formula is C13H18F3N3O2. The lowest BCUT2D eigenvalue weighted by Gasteiger charge is -2.23. The predicted octanol–water partition coefficient (Wildman–Crippen LogP) is 1.79. The van der Waals surface area contributed by atoms with Crippen LogP contribution in [0.3, 0.4) is 0 Å². The molecule has 0 radical (unpaired) electrons. The number of hydrogen-bond donors (Lipinski definition) is 0. The summed E-state index contributed by atoms with van der Waals surface area (Å²) >= 11 is 0. The van der Waals surface area contributed by atoms with Gasteiger partial charge in [0.15, 0.2) is 5.69 Å². The minimum absolute atomic E-state index is 0.183. The zero-order chi connectivity index (χ0) is 15.5. The van der Waals surface area contributed by atoms with Gasteiger partial charge in [-0.15, -0.1) is 0 Å². The van der Waals surface area contributed by atoms with Crippen LogP contribution in [0.25, 0.3) is 0 Å². The highest BCUT2D eigenvalue weighted by Crippen LogP contribution is 2.27. The number of carbonyl (C=O) groups is 1. The summed E-state index contributed by atoms with van der Waals surface area (Å²) in [6, 6.07) is 0.869. The molecule has 0 bridgehead atoms. The molecule has 1 fully saturated rings. The number of likely N-dealkylation sites (N-methyl/N-ethyl adjacent to an activating group) is 1. The standard InChI is InChI=1S/C13H18F3N3O2/c1-2-18(7-10-4-6-21-9-10)12(20)8-19-5-3-11(17-19)13(14,15)16/h3,5,10H,2,4,6-9H2,1H3. The second kappa shape index (κ2) is 6.46. The van der Waals surface area contributed by atoms with Gasteiger partial charge in [-0.05, 0) is 19.4 Å². The highest BCUT2D eigenvalue weighted by Gasteiger charge is 2.33. The first-order valence-electron chi connectivity index (χ1n) is 6.86. The van der Waals surface area contributed by atoms with Gasteiger partial charge in [-0.25, -0.2) is 0 Å². The molecule has 1 saturated heterocycles. The van der Waals surface area contributed by atoms with Gasteiger partial charge in [0.25, 0.3) is 0 Å². The van der Waals surface area contributed by atoms with E-state index in [1.807, 2.05) is 6.92 Å². The molecule has 2 heterocycles. The molecule has 0 spiro atoms. The van der Waals surface area contributed by atoms with Crippen molar-refractivity contribution in [1.29, 1.82) is 0 Å². The molecule has 118 valence electrons. The van der Waals surface area contributed by atoms with Crippen LogP contribution in [0.4, 0.5) is 13.2 Å². The highest BCUT2D eigenvalue weighted by atomic mass is 19.4. The molecule has 0 aromatic carbocycles. The Morgan fingerprint density at radius 2 is 2.33 bits per heavy atom. The number of alkyl halides is 3. The Labute approximate surface area is 120 Å².